The fraction of sp³-hybridized carbons (Fsp3) is 0.214. The summed E-state index contributed by atoms with van der Waals surface area (Å²) < 4.78 is 64.1. The highest BCUT2D eigenvalue weighted by atomic mass is 19.4. The summed E-state index contributed by atoms with van der Waals surface area (Å²) in [6, 6.07) is 3.34. The molecule has 1 aromatic heterocycles. The van der Waals surface area contributed by atoms with Gasteiger partial charge in [0.15, 0.2) is 0 Å². The molecule has 0 fully saturated rings. The summed E-state index contributed by atoms with van der Waals surface area (Å²) in [6.45, 7) is 1.63. The molecule has 0 aliphatic rings. The van der Waals surface area contributed by atoms with Gasteiger partial charge in [-0.25, -0.2) is 8.78 Å². The van der Waals surface area contributed by atoms with Crippen molar-refractivity contribution < 1.29 is 22.0 Å². The van der Waals surface area contributed by atoms with Crippen molar-refractivity contribution in [2.75, 3.05) is 5.32 Å². The minimum Gasteiger partial charge on any atom is -0.378 e. The van der Waals surface area contributed by atoms with Crippen LogP contribution >= 0.6 is 0 Å². The first-order valence-electron chi connectivity index (χ1n) is 6.01. The molecule has 1 unspecified atom stereocenters. The number of nitrogens with zero attached hydrogens (tertiary/aromatic N) is 1. The molecule has 1 heterocycles. The molecule has 112 valence electrons. The van der Waals surface area contributed by atoms with E-state index in [0.29, 0.717) is 11.6 Å². The van der Waals surface area contributed by atoms with E-state index in [0.717, 1.165) is 12.3 Å². The second kappa shape index (κ2) is 5.67. The molecule has 0 bridgehead atoms. The average molecular weight is 302 g/mol. The highest BCUT2D eigenvalue weighted by molar-refractivity contribution is 5.48. The summed E-state index contributed by atoms with van der Waals surface area (Å²) in [7, 11) is 0. The monoisotopic (exact) mass is 302 g/mol. The van der Waals surface area contributed by atoms with Gasteiger partial charge in [0.1, 0.15) is 11.6 Å². The SMILES string of the molecule is CC(Nc1ccc(F)c(C(F)(F)F)c1)c1cncc(F)c1. The number of pyridine rings is 1. The third-order valence-electron chi connectivity index (χ3n) is 2.88. The van der Waals surface area contributed by atoms with Crippen molar-refractivity contribution in [3.63, 3.8) is 0 Å². The molecule has 0 amide bonds. The quantitative estimate of drug-likeness (QED) is 0.841. The lowest BCUT2D eigenvalue weighted by Gasteiger charge is -2.17. The normalized spacial score (nSPS) is 13.0. The number of hydrogen-bond acceptors (Lipinski definition) is 2. The third kappa shape index (κ3) is 3.68. The van der Waals surface area contributed by atoms with Crippen molar-refractivity contribution in [3.8, 4) is 0 Å². The topological polar surface area (TPSA) is 24.9 Å². The Morgan fingerprint density at radius 1 is 1.10 bits per heavy atom. The minimum absolute atomic E-state index is 0.0838. The van der Waals surface area contributed by atoms with Crippen LogP contribution in [0.15, 0.2) is 36.7 Å². The molecule has 2 nitrogen and oxygen atoms in total. The van der Waals surface area contributed by atoms with Gasteiger partial charge in [0, 0.05) is 11.9 Å². The summed E-state index contributed by atoms with van der Waals surface area (Å²) in [4.78, 5) is 3.66. The van der Waals surface area contributed by atoms with Crippen LogP contribution in [-0.4, -0.2) is 4.98 Å². The van der Waals surface area contributed by atoms with Crippen molar-refractivity contribution in [1.82, 2.24) is 4.98 Å². The van der Waals surface area contributed by atoms with Gasteiger partial charge in [-0.1, -0.05) is 0 Å². The largest absolute Gasteiger partial charge is 0.419 e. The number of aromatic nitrogens is 1. The minimum atomic E-state index is -4.77. The zero-order valence-corrected chi connectivity index (χ0v) is 10.9. The first-order valence-corrected chi connectivity index (χ1v) is 6.01. The van der Waals surface area contributed by atoms with Gasteiger partial charge in [0.2, 0.25) is 0 Å². The zero-order valence-electron chi connectivity index (χ0n) is 10.9. The number of alkyl halides is 3. The van der Waals surface area contributed by atoms with Gasteiger partial charge in [-0.2, -0.15) is 13.2 Å². The second-order valence-corrected chi connectivity index (χ2v) is 4.49. The summed E-state index contributed by atoms with van der Waals surface area (Å²) >= 11 is 0. The molecule has 0 aliphatic carbocycles. The number of nitrogens with one attached hydrogen (secondary N) is 1. The van der Waals surface area contributed by atoms with Crippen LogP contribution < -0.4 is 5.32 Å². The lowest BCUT2D eigenvalue weighted by Crippen LogP contribution is -2.11. The van der Waals surface area contributed by atoms with Gasteiger partial charge in [0.05, 0.1) is 17.8 Å². The fourth-order valence-corrected chi connectivity index (χ4v) is 1.83. The molecule has 2 aromatic rings. The van der Waals surface area contributed by atoms with E-state index in [1.165, 1.54) is 18.3 Å². The smallest absolute Gasteiger partial charge is 0.378 e. The van der Waals surface area contributed by atoms with Crippen LogP contribution in [0.2, 0.25) is 0 Å². The van der Waals surface area contributed by atoms with E-state index >= 15 is 0 Å². The van der Waals surface area contributed by atoms with Gasteiger partial charge in [-0.3, -0.25) is 4.98 Å². The maximum absolute atomic E-state index is 13.2. The number of halogens is 5. The molecule has 7 heteroatoms. The first-order chi connectivity index (χ1) is 9.77. The molecule has 1 atom stereocenters. The van der Waals surface area contributed by atoms with Crippen molar-refractivity contribution in [2.45, 2.75) is 19.1 Å². The van der Waals surface area contributed by atoms with E-state index < -0.39 is 29.4 Å². The van der Waals surface area contributed by atoms with E-state index in [-0.39, 0.29) is 5.69 Å². The molecular formula is C14H11F5N2. The number of rotatable bonds is 3. The van der Waals surface area contributed by atoms with Gasteiger partial charge >= 0.3 is 6.18 Å². The van der Waals surface area contributed by atoms with E-state index in [9.17, 15) is 22.0 Å². The number of benzene rings is 1. The van der Waals surface area contributed by atoms with Crippen LogP contribution in [0.1, 0.15) is 24.1 Å². The number of anilines is 1. The Labute approximate surface area is 117 Å². The Hall–Kier alpha value is -2.18. The standard InChI is InChI=1S/C14H11F5N2/c1-8(9-4-10(15)7-20-6-9)21-11-2-3-13(16)12(5-11)14(17,18)19/h2-8,21H,1H3. The van der Waals surface area contributed by atoms with E-state index in [2.05, 4.69) is 10.3 Å². The molecule has 2 rings (SSSR count). The molecular weight excluding hydrogens is 291 g/mol. The molecule has 1 aromatic carbocycles. The molecule has 0 radical (unpaired) electrons. The lowest BCUT2D eigenvalue weighted by atomic mass is 10.1. The predicted octanol–water partition coefficient (Wildman–Crippen LogP) is 4.55. The van der Waals surface area contributed by atoms with Crippen LogP contribution in [0.25, 0.3) is 0 Å². The Morgan fingerprint density at radius 2 is 1.81 bits per heavy atom. The summed E-state index contributed by atoms with van der Waals surface area (Å²) in [5.41, 5.74) is -0.801. The summed E-state index contributed by atoms with van der Waals surface area (Å²) in [5.74, 6) is -1.88. The highest BCUT2D eigenvalue weighted by Crippen LogP contribution is 2.33. The van der Waals surface area contributed by atoms with Crippen LogP contribution in [-0.2, 0) is 6.18 Å². The third-order valence-corrected chi connectivity index (χ3v) is 2.88. The van der Waals surface area contributed by atoms with E-state index in [4.69, 9.17) is 0 Å². The highest BCUT2D eigenvalue weighted by Gasteiger charge is 2.34. The van der Waals surface area contributed by atoms with Crippen LogP contribution in [0, 0.1) is 11.6 Å². The summed E-state index contributed by atoms with van der Waals surface area (Å²) in [5, 5.41) is 2.75. The van der Waals surface area contributed by atoms with Crippen molar-refractivity contribution in [3.05, 3.63) is 59.4 Å². The molecule has 21 heavy (non-hydrogen) atoms. The molecule has 0 spiro atoms. The Kier molecular flexibility index (Phi) is 4.11. The molecule has 0 saturated carbocycles. The average Bonchev–Trinajstić information content (AvgIpc) is 2.39. The molecule has 0 saturated heterocycles. The molecule has 0 aliphatic heterocycles. The maximum atomic E-state index is 13.2. The Balaban J connectivity index is 2.24. The predicted molar refractivity (Wildman–Crippen MR) is 67.6 cm³/mol. The van der Waals surface area contributed by atoms with Crippen LogP contribution in [0.4, 0.5) is 27.6 Å². The summed E-state index contributed by atoms with van der Waals surface area (Å²) in [6.07, 6.45) is -2.35. The van der Waals surface area contributed by atoms with Gasteiger partial charge in [0.25, 0.3) is 0 Å². The lowest BCUT2D eigenvalue weighted by molar-refractivity contribution is -0.139. The Bertz CT molecular complexity index is 640. The van der Waals surface area contributed by atoms with Crippen molar-refractivity contribution >= 4 is 5.69 Å². The van der Waals surface area contributed by atoms with Gasteiger partial charge < -0.3 is 5.32 Å². The van der Waals surface area contributed by atoms with Gasteiger partial charge in [-0.15, -0.1) is 0 Å². The Morgan fingerprint density at radius 3 is 2.43 bits per heavy atom. The second-order valence-electron chi connectivity index (χ2n) is 4.49. The van der Waals surface area contributed by atoms with Crippen LogP contribution in [0.5, 0.6) is 0 Å². The zero-order chi connectivity index (χ0) is 15.6. The van der Waals surface area contributed by atoms with E-state index in [1.54, 1.807) is 6.92 Å². The molecule has 1 N–H and O–H groups in total. The van der Waals surface area contributed by atoms with E-state index in [1.807, 2.05) is 0 Å². The maximum Gasteiger partial charge on any atom is 0.419 e. The van der Waals surface area contributed by atoms with Crippen molar-refractivity contribution in [2.24, 2.45) is 0 Å². The fourth-order valence-electron chi connectivity index (χ4n) is 1.83. The van der Waals surface area contributed by atoms with Gasteiger partial charge in [-0.05, 0) is 36.8 Å². The van der Waals surface area contributed by atoms with Crippen LogP contribution in [0.3, 0.4) is 0 Å². The van der Waals surface area contributed by atoms with Crippen molar-refractivity contribution in [1.29, 1.82) is 0 Å². The number of hydrogen-bond donors (Lipinski definition) is 1. The first kappa shape index (κ1) is 15.2.